The molecule has 0 spiro atoms. The molecule has 5 heteroatoms. The molecule has 0 atom stereocenters. The first kappa shape index (κ1) is 21.0. The molecule has 3 rings (SSSR count). The van der Waals surface area contributed by atoms with Crippen LogP contribution in [0.25, 0.3) is 0 Å². The van der Waals surface area contributed by atoms with E-state index >= 15 is 0 Å². The summed E-state index contributed by atoms with van der Waals surface area (Å²) in [6.07, 6.45) is 3.31. The topological polar surface area (TPSA) is 58.2 Å². The maximum Gasteiger partial charge on any atom is 0.227 e. The smallest absolute Gasteiger partial charge is 0.227 e. The zero-order valence-electron chi connectivity index (χ0n) is 17.1. The molecule has 2 amide bonds. The summed E-state index contributed by atoms with van der Waals surface area (Å²) in [6, 6.07) is 12.6. The molecule has 2 N–H and O–H groups in total. The van der Waals surface area contributed by atoms with Gasteiger partial charge in [0.25, 0.3) is 0 Å². The van der Waals surface area contributed by atoms with E-state index in [1.165, 1.54) is 11.6 Å². The number of anilines is 1. The number of carbonyl (C=O) groups is 2. The zero-order chi connectivity index (χ0) is 20.8. The lowest BCUT2D eigenvalue weighted by Gasteiger charge is -2.27. The Morgan fingerprint density at radius 1 is 0.966 bits per heavy atom. The molecule has 0 saturated heterocycles. The maximum absolute atomic E-state index is 13.6. The van der Waals surface area contributed by atoms with E-state index in [1.807, 2.05) is 26.0 Å². The number of benzene rings is 2. The van der Waals surface area contributed by atoms with Crippen LogP contribution in [0.1, 0.15) is 42.4 Å². The highest BCUT2D eigenvalue weighted by molar-refractivity contribution is 5.93. The van der Waals surface area contributed by atoms with Gasteiger partial charge < -0.3 is 10.6 Å². The van der Waals surface area contributed by atoms with E-state index in [1.54, 1.807) is 18.2 Å². The standard InChI is InChI=1S/C24H29FN2O2/c1-16-7-12-22(17(2)15-16)27-24(29)20-10-8-19(9-11-20)23(28)26-14-13-18-5-3-4-6-21(18)25/h3-7,12,15,19-20H,8-11,13-14H2,1-2H3,(H,26,28)(H,27,29). The predicted molar refractivity (Wildman–Crippen MR) is 113 cm³/mol. The van der Waals surface area contributed by atoms with Crippen molar-refractivity contribution in [2.24, 2.45) is 11.8 Å². The van der Waals surface area contributed by atoms with E-state index in [2.05, 4.69) is 16.7 Å². The molecule has 0 aromatic heterocycles. The van der Waals surface area contributed by atoms with E-state index in [0.717, 1.165) is 11.3 Å². The second-order valence-corrected chi connectivity index (χ2v) is 7.99. The van der Waals surface area contributed by atoms with Gasteiger partial charge in [-0.2, -0.15) is 0 Å². The van der Waals surface area contributed by atoms with Gasteiger partial charge in [0.1, 0.15) is 5.82 Å². The summed E-state index contributed by atoms with van der Waals surface area (Å²) in [5.41, 5.74) is 3.69. The Kier molecular flexibility index (Phi) is 7.02. The Labute approximate surface area is 171 Å². The van der Waals surface area contributed by atoms with Crippen LogP contribution in [0.4, 0.5) is 10.1 Å². The molecule has 1 fully saturated rings. The van der Waals surface area contributed by atoms with Crippen molar-refractivity contribution in [2.45, 2.75) is 46.0 Å². The first-order valence-corrected chi connectivity index (χ1v) is 10.3. The number of nitrogens with one attached hydrogen (secondary N) is 2. The van der Waals surface area contributed by atoms with Gasteiger partial charge in [0.2, 0.25) is 11.8 Å². The van der Waals surface area contributed by atoms with Crippen molar-refractivity contribution >= 4 is 17.5 Å². The minimum Gasteiger partial charge on any atom is -0.356 e. The molecule has 0 radical (unpaired) electrons. The third-order valence-corrected chi connectivity index (χ3v) is 5.76. The SMILES string of the molecule is Cc1ccc(NC(=O)C2CCC(C(=O)NCCc3ccccc3F)CC2)c(C)c1. The van der Waals surface area contributed by atoms with Crippen LogP contribution in [0.5, 0.6) is 0 Å². The van der Waals surface area contributed by atoms with E-state index in [-0.39, 0.29) is 29.5 Å². The maximum atomic E-state index is 13.6. The van der Waals surface area contributed by atoms with Crippen molar-refractivity contribution in [3.05, 3.63) is 65.0 Å². The molecule has 0 bridgehead atoms. The van der Waals surface area contributed by atoms with Crippen molar-refractivity contribution in [2.75, 3.05) is 11.9 Å². The molecule has 1 aliphatic carbocycles. The van der Waals surface area contributed by atoms with Crippen molar-refractivity contribution in [3.8, 4) is 0 Å². The molecule has 0 unspecified atom stereocenters. The number of aryl methyl sites for hydroxylation is 2. The van der Waals surface area contributed by atoms with Crippen molar-refractivity contribution in [1.82, 2.24) is 5.32 Å². The Bertz CT molecular complexity index is 873. The number of amides is 2. The highest BCUT2D eigenvalue weighted by Crippen LogP contribution is 2.30. The molecule has 1 aliphatic rings. The highest BCUT2D eigenvalue weighted by Gasteiger charge is 2.30. The van der Waals surface area contributed by atoms with Crippen LogP contribution in [-0.2, 0) is 16.0 Å². The summed E-state index contributed by atoms with van der Waals surface area (Å²) >= 11 is 0. The monoisotopic (exact) mass is 396 g/mol. The largest absolute Gasteiger partial charge is 0.356 e. The van der Waals surface area contributed by atoms with E-state index in [9.17, 15) is 14.0 Å². The first-order valence-electron chi connectivity index (χ1n) is 10.3. The lowest BCUT2D eigenvalue weighted by molar-refractivity contribution is -0.128. The second-order valence-electron chi connectivity index (χ2n) is 7.99. The predicted octanol–water partition coefficient (Wildman–Crippen LogP) is 4.55. The van der Waals surface area contributed by atoms with E-state index in [4.69, 9.17) is 0 Å². The van der Waals surface area contributed by atoms with Crippen LogP contribution in [0.2, 0.25) is 0 Å². The van der Waals surface area contributed by atoms with E-state index in [0.29, 0.717) is 44.2 Å². The third kappa shape index (κ3) is 5.66. The summed E-state index contributed by atoms with van der Waals surface area (Å²) in [4.78, 5) is 25.0. The zero-order valence-corrected chi connectivity index (χ0v) is 17.1. The fraction of sp³-hybridized carbons (Fsp3) is 0.417. The van der Waals surface area contributed by atoms with Gasteiger partial charge in [-0.1, -0.05) is 35.9 Å². The minimum absolute atomic E-state index is 0.00887. The number of hydrogen-bond acceptors (Lipinski definition) is 2. The van der Waals surface area contributed by atoms with Crippen LogP contribution in [-0.4, -0.2) is 18.4 Å². The van der Waals surface area contributed by atoms with Gasteiger partial charge in [-0.15, -0.1) is 0 Å². The van der Waals surface area contributed by atoms with Gasteiger partial charge in [-0.05, 0) is 69.2 Å². The Morgan fingerprint density at radius 3 is 2.28 bits per heavy atom. The fourth-order valence-corrected chi connectivity index (χ4v) is 3.97. The molecule has 1 saturated carbocycles. The van der Waals surface area contributed by atoms with Crippen molar-refractivity contribution < 1.29 is 14.0 Å². The molecule has 2 aromatic carbocycles. The van der Waals surface area contributed by atoms with Crippen LogP contribution in [0.3, 0.4) is 0 Å². The lowest BCUT2D eigenvalue weighted by atomic mass is 9.81. The minimum atomic E-state index is -0.239. The summed E-state index contributed by atoms with van der Waals surface area (Å²) in [7, 11) is 0. The van der Waals surface area contributed by atoms with Crippen molar-refractivity contribution in [1.29, 1.82) is 0 Å². The summed E-state index contributed by atoms with van der Waals surface area (Å²) in [5.74, 6) is -0.319. The van der Waals surface area contributed by atoms with Gasteiger partial charge in [-0.25, -0.2) is 4.39 Å². The van der Waals surface area contributed by atoms with Gasteiger partial charge in [0.05, 0.1) is 0 Å². The third-order valence-electron chi connectivity index (χ3n) is 5.76. The van der Waals surface area contributed by atoms with Gasteiger partial charge in [-0.3, -0.25) is 9.59 Å². The summed E-state index contributed by atoms with van der Waals surface area (Å²) in [6.45, 7) is 4.44. The molecular formula is C24H29FN2O2. The summed E-state index contributed by atoms with van der Waals surface area (Å²) in [5, 5.41) is 5.95. The number of halogens is 1. The van der Waals surface area contributed by atoms with Gasteiger partial charge in [0, 0.05) is 24.1 Å². The van der Waals surface area contributed by atoms with E-state index < -0.39 is 0 Å². The molecule has 29 heavy (non-hydrogen) atoms. The van der Waals surface area contributed by atoms with Crippen LogP contribution < -0.4 is 10.6 Å². The lowest BCUT2D eigenvalue weighted by Crippen LogP contribution is -2.36. The average molecular weight is 397 g/mol. The van der Waals surface area contributed by atoms with Crippen molar-refractivity contribution in [3.63, 3.8) is 0 Å². The van der Waals surface area contributed by atoms with Gasteiger partial charge in [0.15, 0.2) is 0 Å². The molecule has 0 heterocycles. The Hall–Kier alpha value is -2.69. The summed E-state index contributed by atoms with van der Waals surface area (Å²) < 4.78 is 13.6. The molecular weight excluding hydrogens is 367 g/mol. The highest BCUT2D eigenvalue weighted by atomic mass is 19.1. The van der Waals surface area contributed by atoms with Crippen LogP contribution >= 0.6 is 0 Å². The van der Waals surface area contributed by atoms with Gasteiger partial charge >= 0.3 is 0 Å². The quantitative estimate of drug-likeness (QED) is 0.753. The Balaban J connectivity index is 1.42. The molecule has 4 nitrogen and oxygen atoms in total. The fourth-order valence-electron chi connectivity index (χ4n) is 3.97. The average Bonchev–Trinajstić information content (AvgIpc) is 2.71. The number of rotatable bonds is 6. The number of hydrogen-bond donors (Lipinski definition) is 2. The van der Waals surface area contributed by atoms with Crippen LogP contribution in [0, 0.1) is 31.5 Å². The Morgan fingerprint density at radius 2 is 1.62 bits per heavy atom. The molecule has 2 aromatic rings. The first-order chi connectivity index (χ1) is 13.9. The second kappa shape index (κ2) is 9.68. The normalized spacial score (nSPS) is 18.9. The van der Waals surface area contributed by atoms with Crippen LogP contribution in [0.15, 0.2) is 42.5 Å². The number of carbonyl (C=O) groups excluding carboxylic acids is 2. The molecule has 154 valence electrons. The molecule has 0 aliphatic heterocycles.